The molecule has 0 radical (unpaired) electrons. The molecule has 0 saturated carbocycles. The first-order valence-corrected chi connectivity index (χ1v) is 7.14. The van der Waals surface area contributed by atoms with Crippen LogP contribution in [0.4, 0.5) is 0 Å². The number of halogens is 2. The summed E-state index contributed by atoms with van der Waals surface area (Å²) in [5.74, 6) is 0. The standard InChI is InChI=1S/C15H9Br2N/c16-12-8-4-7-11-14(10-5-2-1-3-6-10)13(17)9-18-15(11)12/h1-9H. The van der Waals surface area contributed by atoms with Gasteiger partial charge in [-0.2, -0.15) is 0 Å². The molecule has 2 aromatic carbocycles. The molecule has 0 unspecified atom stereocenters. The molecular weight excluding hydrogens is 354 g/mol. The zero-order valence-electron chi connectivity index (χ0n) is 9.40. The Bertz CT molecular complexity index is 708. The van der Waals surface area contributed by atoms with E-state index in [9.17, 15) is 0 Å². The van der Waals surface area contributed by atoms with Crippen LogP contribution in [-0.2, 0) is 0 Å². The maximum Gasteiger partial charge on any atom is 0.0851 e. The lowest BCUT2D eigenvalue weighted by Gasteiger charge is -2.09. The Morgan fingerprint density at radius 1 is 0.778 bits per heavy atom. The van der Waals surface area contributed by atoms with Gasteiger partial charge in [-0.3, -0.25) is 4.98 Å². The van der Waals surface area contributed by atoms with Crippen molar-refractivity contribution in [2.24, 2.45) is 0 Å². The third-order valence-electron chi connectivity index (χ3n) is 2.86. The van der Waals surface area contributed by atoms with Gasteiger partial charge in [-0.05, 0) is 43.5 Å². The van der Waals surface area contributed by atoms with Crippen LogP contribution in [0.25, 0.3) is 22.0 Å². The fraction of sp³-hybridized carbons (Fsp3) is 0. The molecule has 0 amide bonds. The molecule has 18 heavy (non-hydrogen) atoms. The van der Waals surface area contributed by atoms with Gasteiger partial charge in [-0.15, -0.1) is 0 Å². The van der Waals surface area contributed by atoms with Gasteiger partial charge in [0.25, 0.3) is 0 Å². The Morgan fingerprint density at radius 3 is 2.33 bits per heavy atom. The fourth-order valence-electron chi connectivity index (χ4n) is 2.06. The van der Waals surface area contributed by atoms with Gasteiger partial charge in [0.05, 0.1) is 5.52 Å². The summed E-state index contributed by atoms with van der Waals surface area (Å²) < 4.78 is 2.03. The zero-order valence-corrected chi connectivity index (χ0v) is 12.6. The summed E-state index contributed by atoms with van der Waals surface area (Å²) >= 11 is 7.15. The van der Waals surface area contributed by atoms with E-state index in [0.717, 1.165) is 19.8 Å². The van der Waals surface area contributed by atoms with E-state index in [0.29, 0.717) is 0 Å². The van der Waals surface area contributed by atoms with Crippen molar-refractivity contribution in [2.75, 3.05) is 0 Å². The number of aromatic nitrogens is 1. The molecule has 1 heterocycles. The minimum atomic E-state index is 0.986. The topological polar surface area (TPSA) is 12.9 Å². The monoisotopic (exact) mass is 361 g/mol. The predicted octanol–water partition coefficient (Wildman–Crippen LogP) is 5.43. The Morgan fingerprint density at radius 2 is 1.56 bits per heavy atom. The summed E-state index contributed by atoms with van der Waals surface area (Å²) in [4.78, 5) is 4.47. The highest BCUT2D eigenvalue weighted by Gasteiger charge is 2.10. The van der Waals surface area contributed by atoms with E-state index in [-0.39, 0.29) is 0 Å². The van der Waals surface area contributed by atoms with Crippen molar-refractivity contribution in [1.82, 2.24) is 4.98 Å². The molecule has 0 spiro atoms. The third kappa shape index (κ3) is 1.98. The maximum atomic E-state index is 4.47. The average molecular weight is 363 g/mol. The molecule has 0 saturated heterocycles. The number of nitrogens with zero attached hydrogens (tertiary/aromatic N) is 1. The van der Waals surface area contributed by atoms with Crippen LogP contribution < -0.4 is 0 Å². The number of para-hydroxylation sites is 1. The number of benzene rings is 2. The number of rotatable bonds is 1. The number of fused-ring (bicyclic) bond motifs is 1. The van der Waals surface area contributed by atoms with Crippen LogP contribution in [-0.4, -0.2) is 4.98 Å². The van der Waals surface area contributed by atoms with E-state index in [4.69, 9.17) is 0 Å². The first kappa shape index (κ1) is 11.9. The molecule has 0 aliphatic heterocycles. The summed E-state index contributed by atoms with van der Waals surface area (Å²) in [5, 5.41) is 1.14. The van der Waals surface area contributed by atoms with Gasteiger partial charge in [0.2, 0.25) is 0 Å². The van der Waals surface area contributed by atoms with E-state index in [1.54, 1.807) is 0 Å². The second kappa shape index (κ2) is 4.82. The van der Waals surface area contributed by atoms with Gasteiger partial charge in [0.1, 0.15) is 0 Å². The summed E-state index contributed by atoms with van der Waals surface area (Å²) in [5.41, 5.74) is 3.36. The van der Waals surface area contributed by atoms with Crippen LogP contribution in [0, 0.1) is 0 Å². The number of hydrogen-bond donors (Lipinski definition) is 0. The Hall–Kier alpha value is -1.19. The van der Waals surface area contributed by atoms with Crippen molar-refractivity contribution in [3.8, 4) is 11.1 Å². The molecule has 1 nitrogen and oxygen atoms in total. The second-order valence-corrected chi connectivity index (χ2v) is 5.69. The number of hydrogen-bond acceptors (Lipinski definition) is 1. The first-order valence-electron chi connectivity index (χ1n) is 5.55. The molecule has 1 aromatic heterocycles. The fourth-order valence-corrected chi connectivity index (χ4v) is 3.07. The molecule has 3 aromatic rings. The Balaban J connectivity index is 2.41. The minimum absolute atomic E-state index is 0.986. The Labute approximate surface area is 122 Å². The molecule has 0 aliphatic rings. The normalized spacial score (nSPS) is 10.8. The van der Waals surface area contributed by atoms with Crippen molar-refractivity contribution >= 4 is 42.8 Å². The van der Waals surface area contributed by atoms with Gasteiger partial charge >= 0.3 is 0 Å². The predicted molar refractivity (Wildman–Crippen MR) is 82.6 cm³/mol. The van der Waals surface area contributed by atoms with E-state index >= 15 is 0 Å². The Kier molecular flexibility index (Phi) is 3.18. The second-order valence-electron chi connectivity index (χ2n) is 3.98. The van der Waals surface area contributed by atoms with Crippen LogP contribution in [0.15, 0.2) is 63.7 Å². The summed E-state index contributed by atoms with van der Waals surface area (Å²) in [6.07, 6.45) is 1.86. The highest BCUT2D eigenvalue weighted by Crippen LogP contribution is 2.36. The summed E-state index contributed by atoms with van der Waals surface area (Å²) in [6, 6.07) is 16.5. The van der Waals surface area contributed by atoms with Crippen molar-refractivity contribution < 1.29 is 0 Å². The molecular formula is C15H9Br2N. The van der Waals surface area contributed by atoms with Crippen LogP contribution in [0.5, 0.6) is 0 Å². The lowest BCUT2D eigenvalue weighted by Crippen LogP contribution is -1.87. The molecule has 0 N–H and O–H groups in total. The quantitative estimate of drug-likeness (QED) is 0.562. The van der Waals surface area contributed by atoms with Crippen molar-refractivity contribution in [1.29, 1.82) is 0 Å². The molecule has 0 aliphatic carbocycles. The van der Waals surface area contributed by atoms with E-state index in [2.05, 4.69) is 55.0 Å². The lowest BCUT2D eigenvalue weighted by atomic mass is 10.0. The maximum absolute atomic E-state index is 4.47. The molecule has 0 atom stereocenters. The molecule has 3 rings (SSSR count). The van der Waals surface area contributed by atoms with Crippen LogP contribution in [0.3, 0.4) is 0 Å². The molecule has 0 fully saturated rings. The highest BCUT2D eigenvalue weighted by molar-refractivity contribution is 9.11. The van der Waals surface area contributed by atoms with Crippen molar-refractivity contribution in [3.05, 3.63) is 63.7 Å². The highest BCUT2D eigenvalue weighted by atomic mass is 79.9. The lowest BCUT2D eigenvalue weighted by molar-refractivity contribution is 1.38. The zero-order chi connectivity index (χ0) is 12.5. The largest absolute Gasteiger partial charge is 0.254 e. The van der Waals surface area contributed by atoms with E-state index < -0.39 is 0 Å². The van der Waals surface area contributed by atoms with Crippen LogP contribution >= 0.6 is 31.9 Å². The average Bonchev–Trinajstić information content (AvgIpc) is 2.40. The smallest absolute Gasteiger partial charge is 0.0851 e. The van der Waals surface area contributed by atoms with Gasteiger partial charge in [0, 0.05) is 26.1 Å². The van der Waals surface area contributed by atoms with Crippen LogP contribution in [0.1, 0.15) is 0 Å². The number of pyridine rings is 1. The van der Waals surface area contributed by atoms with E-state index in [1.807, 2.05) is 36.5 Å². The third-order valence-corrected chi connectivity index (χ3v) is 4.11. The SMILES string of the molecule is Brc1cnc2c(Br)cccc2c1-c1ccccc1. The molecule has 0 bridgehead atoms. The van der Waals surface area contributed by atoms with Gasteiger partial charge in [0.15, 0.2) is 0 Å². The molecule has 88 valence electrons. The van der Waals surface area contributed by atoms with E-state index in [1.165, 1.54) is 11.1 Å². The van der Waals surface area contributed by atoms with Crippen LogP contribution in [0.2, 0.25) is 0 Å². The van der Waals surface area contributed by atoms with Gasteiger partial charge in [-0.1, -0.05) is 42.5 Å². The van der Waals surface area contributed by atoms with Crippen molar-refractivity contribution in [3.63, 3.8) is 0 Å². The van der Waals surface area contributed by atoms with Gasteiger partial charge in [-0.25, -0.2) is 0 Å². The molecule has 3 heteroatoms. The minimum Gasteiger partial charge on any atom is -0.254 e. The van der Waals surface area contributed by atoms with Gasteiger partial charge < -0.3 is 0 Å². The van der Waals surface area contributed by atoms with Crippen molar-refractivity contribution in [2.45, 2.75) is 0 Å². The summed E-state index contributed by atoms with van der Waals surface area (Å²) in [7, 11) is 0. The first-order chi connectivity index (χ1) is 8.77. The summed E-state index contributed by atoms with van der Waals surface area (Å²) in [6.45, 7) is 0.